The second-order valence-electron chi connectivity index (χ2n) is 7.73. The number of aliphatic hydroxyl groups is 1. The molecule has 0 spiro atoms. The van der Waals surface area contributed by atoms with Crippen LogP contribution in [0.5, 0.6) is 5.75 Å². The number of carbonyl (C=O) groups is 1. The molecule has 1 fully saturated rings. The average Bonchev–Trinajstić information content (AvgIpc) is 3.21. The number of piperidine rings is 1. The minimum absolute atomic E-state index is 0.0154. The summed E-state index contributed by atoms with van der Waals surface area (Å²) in [5, 5.41) is 20.6. The molecule has 1 aliphatic rings. The Kier molecular flexibility index (Phi) is 5.30. The summed E-state index contributed by atoms with van der Waals surface area (Å²) in [7, 11) is 1.69. The number of nitrogens with one attached hydrogen (secondary N) is 1. The molecule has 0 amide bonds. The molecule has 3 aromatic rings. The molecule has 1 aromatic heterocycles. The number of nitrogens with zero attached hydrogens (tertiary/aromatic N) is 1. The third-order valence-electron chi connectivity index (χ3n) is 5.92. The molecule has 3 N–H and O–H groups in total. The predicted octanol–water partition coefficient (Wildman–Crippen LogP) is 3.88. The summed E-state index contributed by atoms with van der Waals surface area (Å²) in [4.78, 5) is 16.8. The highest BCUT2D eigenvalue weighted by atomic mass is 16.5. The van der Waals surface area contributed by atoms with Crippen LogP contribution in [0.25, 0.3) is 10.9 Å². The number of H-pyrrole nitrogens is 1. The maximum absolute atomic E-state index is 11.2. The lowest BCUT2D eigenvalue weighted by Crippen LogP contribution is -2.38. The first kappa shape index (κ1) is 19.5. The number of aromatic nitrogens is 1. The molecule has 0 aliphatic carbocycles. The molecule has 0 radical (unpaired) electrons. The fourth-order valence-electron chi connectivity index (χ4n) is 4.36. The highest BCUT2D eigenvalue weighted by Crippen LogP contribution is 2.37. The normalized spacial score (nSPS) is 20.1. The van der Waals surface area contributed by atoms with Gasteiger partial charge in [0, 0.05) is 41.8 Å². The number of rotatable bonds is 5. The molecule has 0 saturated carbocycles. The first-order valence-electron chi connectivity index (χ1n) is 9.87. The lowest BCUT2D eigenvalue weighted by Gasteiger charge is -2.38. The third-order valence-corrected chi connectivity index (χ3v) is 5.92. The molecule has 2 aromatic carbocycles. The first-order valence-corrected chi connectivity index (χ1v) is 9.87. The molecule has 4 rings (SSSR count). The van der Waals surface area contributed by atoms with Crippen LogP contribution in [0.15, 0.2) is 42.6 Å². The number of hydrogen-bond acceptors (Lipinski definition) is 4. The van der Waals surface area contributed by atoms with Crippen molar-refractivity contribution in [3.05, 3.63) is 64.8 Å². The zero-order valence-corrected chi connectivity index (χ0v) is 16.7. The Balaban J connectivity index is 1.69. The molecule has 0 bridgehead atoms. The smallest absolute Gasteiger partial charge is 0.335 e. The van der Waals surface area contributed by atoms with Gasteiger partial charge in [0.1, 0.15) is 5.75 Å². The van der Waals surface area contributed by atoms with Gasteiger partial charge in [-0.3, -0.25) is 4.90 Å². The van der Waals surface area contributed by atoms with Crippen molar-refractivity contribution in [1.82, 2.24) is 9.88 Å². The van der Waals surface area contributed by atoms with Crippen LogP contribution in [0.1, 0.15) is 45.9 Å². The Morgan fingerprint density at radius 2 is 2.03 bits per heavy atom. The van der Waals surface area contributed by atoms with Crippen LogP contribution in [-0.2, 0) is 6.54 Å². The largest absolute Gasteiger partial charge is 0.496 e. The molecule has 6 nitrogen and oxygen atoms in total. The number of benzene rings is 2. The van der Waals surface area contributed by atoms with Crippen molar-refractivity contribution in [1.29, 1.82) is 0 Å². The topological polar surface area (TPSA) is 85.8 Å². The van der Waals surface area contributed by atoms with Crippen molar-refractivity contribution in [2.24, 2.45) is 0 Å². The van der Waals surface area contributed by atoms with Crippen molar-refractivity contribution in [3.63, 3.8) is 0 Å². The lowest BCUT2D eigenvalue weighted by molar-refractivity contribution is 0.0362. The Morgan fingerprint density at radius 1 is 1.28 bits per heavy atom. The molecule has 1 aliphatic heterocycles. The number of aromatic amines is 1. The number of hydrogen-bond donors (Lipinski definition) is 3. The van der Waals surface area contributed by atoms with E-state index in [9.17, 15) is 9.90 Å². The van der Waals surface area contributed by atoms with Gasteiger partial charge in [-0.1, -0.05) is 12.1 Å². The summed E-state index contributed by atoms with van der Waals surface area (Å²) in [6.45, 7) is 3.51. The second-order valence-corrected chi connectivity index (χ2v) is 7.73. The molecule has 1 saturated heterocycles. The average molecular weight is 394 g/mol. The number of carboxylic acids is 1. The van der Waals surface area contributed by atoms with Crippen molar-refractivity contribution in [2.75, 3.05) is 13.7 Å². The monoisotopic (exact) mass is 394 g/mol. The predicted molar refractivity (Wildman–Crippen MR) is 111 cm³/mol. The van der Waals surface area contributed by atoms with Gasteiger partial charge in [-0.05, 0) is 55.2 Å². The van der Waals surface area contributed by atoms with Gasteiger partial charge in [0.05, 0.1) is 18.8 Å². The van der Waals surface area contributed by atoms with Gasteiger partial charge in [-0.2, -0.15) is 0 Å². The van der Waals surface area contributed by atoms with Crippen LogP contribution >= 0.6 is 0 Å². The zero-order valence-electron chi connectivity index (χ0n) is 16.7. The van der Waals surface area contributed by atoms with Gasteiger partial charge in [0.2, 0.25) is 0 Å². The van der Waals surface area contributed by atoms with Gasteiger partial charge >= 0.3 is 5.97 Å². The van der Waals surface area contributed by atoms with Gasteiger partial charge in [0.25, 0.3) is 0 Å². The number of aromatic carboxylic acids is 1. The fourth-order valence-corrected chi connectivity index (χ4v) is 4.36. The molecular weight excluding hydrogens is 368 g/mol. The van der Waals surface area contributed by atoms with E-state index in [1.807, 2.05) is 18.3 Å². The van der Waals surface area contributed by atoms with Crippen LogP contribution in [0.4, 0.5) is 0 Å². The van der Waals surface area contributed by atoms with E-state index in [-0.39, 0.29) is 17.7 Å². The summed E-state index contributed by atoms with van der Waals surface area (Å²) in [6.07, 6.45) is 2.93. The maximum Gasteiger partial charge on any atom is 0.335 e. The Morgan fingerprint density at radius 3 is 2.72 bits per heavy atom. The summed E-state index contributed by atoms with van der Waals surface area (Å²) in [6, 6.07) is 11.1. The summed E-state index contributed by atoms with van der Waals surface area (Å²) in [5.41, 5.74) is 4.66. The summed E-state index contributed by atoms with van der Waals surface area (Å²) >= 11 is 0. The highest BCUT2D eigenvalue weighted by Gasteiger charge is 2.30. The number of ether oxygens (including phenoxy) is 1. The SMILES string of the molecule is COc1cc(C)c2[nH]ccc2c1CN1CCC(O)CC1c1ccc(C(=O)O)cc1. The number of methoxy groups -OCH3 is 1. The summed E-state index contributed by atoms with van der Waals surface area (Å²) < 4.78 is 5.69. The standard InChI is InChI=1S/C23H26N2O4/c1-14-11-21(29-2)19(18-7-9-24-22(14)18)13-25-10-8-17(26)12-20(25)15-3-5-16(6-4-15)23(27)28/h3-7,9,11,17,20,24,26H,8,10,12-13H2,1-2H3,(H,27,28). The molecule has 6 heteroatoms. The lowest BCUT2D eigenvalue weighted by atomic mass is 9.91. The zero-order chi connectivity index (χ0) is 20.5. The number of aliphatic hydroxyl groups excluding tert-OH is 1. The van der Waals surface area contributed by atoms with E-state index < -0.39 is 5.97 Å². The summed E-state index contributed by atoms with van der Waals surface area (Å²) in [5.74, 6) is -0.0722. The van der Waals surface area contributed by atoms with Crippen LogP contribution in [0.3, 0.4) is 0 Å². The molecular formula is C23H26N2O4. The highest BCUT2D eigenvalue weighted by molar-refractivity contribution is 5.88. The molecule has 29 heavy (non-hydrogen) atoms. The Labute approximate surface area is 169 Å². The Hall–Kier alpha value is -2.83. The van der Waals surface area contributed by atoms with E-state index in [1.165, 1.54) is 0 Å². The number of aryl methyl sites for hydroxylation is 1. The van der Waals surface area contributed by atoms with Crippen molar-refractivity contribution < 1.29 is 19.7 Å². The van der Waals surface area contributed by atoms with Crippen LogP contribution in [0, 0.1) is 6.92 Å². The number of likely N-dealkylation sites (tertiary alicyclic amines) is 1. The van der Waals surface area contributed by atoms with Gasteiger partial charge in [-0.25, -0.2) is 4.79 Å². The van der Waals surface area contributed by atoms with E-state index in [1.54, 1.807) is 19.2 Å². The maximum atomic E-state index is 11.2. The van der Waals surface area contributed by atoms with Gasteiger partial charge < -0.3 is 19.9 Å². The van der Waals surface area contributed by atoms with Crippen molar-refractivity contribution in [3.8, 4) is 5.75 Å². The molecule has 2 heterocycles. The number of carboxylic acid groups (broad SMARTS) is 1. The molecule has 2 atom stereocenters. The Bertz CT molecular complexity index is 1030. The minimum atomic E-state index is -0.934. The van der Waals surface area contributed by atoms with E-state index in [0.717, 1.165) is 39.9 Å². The van der Waals surface area contributed by atoms with Crippen LogP contribution < -0.4 is 4.74 Å². The van der Waals surface area contributed by atoms with E-state index in [4.69, 9.17) is 9.84 Å². The van der Waals surface area contributed by atoms with Crippen molar-refractivity contribution >= 4 is 16.9 Å². The number of fused-ring (bicyclic) bond motifs is 1. The molecule has 152 valence electrons. The van der Waals surface area contributed by atoms with Crippen molar-refractivity contribution in [2.45, 2.75) is 38.5 Å². The van der Waals surface area contributed by atoms with E-state index in [0.29, 0.717) is 19.4 Å². The van der Waals surface area contributed by atoms with Gasteiger partial charge in [0.15, 0.2) is 0 Å². The van der Waals surface area contributed by atoms with Crippen LogP contribution in [-0.4, -0.2) is 45.8 Å². The third kappa shape index (κ3) is 3.73. The minimum Gasteiger partial charge on any atom is -0.496 e. The quantitative estimate of drug-likeness (QED) is 0.611. The van der Waals surface area contributed by atoms with Crippen LogP contribution in [0.2, 0.25) is 0 Å². The second kappa shape index (κ2) is 7.89. The molecule has 2 unspecified atom stereocenters. The van der Waals surface area contributed by atoms with E-state index >= 15 is 0 Å². The van der Waals surface area contributed by atoms with Gasteiger partial charge in [-0.15, -0.1) is 0 Å². The van der Waals surface area contributed by atoms with E-state index in [2.05, 4.69) is 28.9 Å². The first-order chi connectivity index (χ1) is 14.0. The fraction of sp³-hybridized carbons (Fsp3) is 0.348.